The summed E-state index contributed by atoms with van der Waals surface area (Å²) in [4.78, 5) is 2.58. The first-order chi connectivity index (χ1) is 8.69. The molecule has 0 saturated carbocycles. The molecule has 18 heavy (non-hydrogen) atoms. The molecule has 0 radical (unpaired) electrons. The third-order valence-electron chi connectivity index (χ3n) is 3.69. The van der Waals surface area contributed by atoms with Crippen LogP contribution in [0.15, 0.2) is 22.7 Å². The first kappa shape index (κ1) is 13.9. The van der Waals surface area contributed by atoms with Crippen LogP contribution in [0.5, 0.6) is 5.75 Å². The minimum absolute atomic E-state index is 0.854. The van der Waals surface area contributed by atoms with Crippen LogP contribution in [0.4, 0.5) is 0 Å². The number of nitrogens with zero attached hydrogens (tertiary/aromatic N) is 1. The van der Waals surface area contributed by atoms with Gasteiger partial charge in [0.05, 0.1) is 7.11 Å². The van der Waals surface area contributed by atoms with E-state index in [0.717, 1.165) is 24.6 Å². The van der Waals surface area contributed by atoms with Gasteiger partial charge in [-0.3, -0.25) is 0 Å². The van der Waals surface area contributed by atoms with Gasteiger partial charge in [-0.25, -0.2) is 0 Å². The second-order valence-corrected chi connectivity index (χ2v) is 6.11. The molecular formula is C15H22BrNO. The Morgan fingerprint density at radius 2 is 2.28 bits per heavy atom. The van der Waals surface area contributed by atoms with Gasteiger partial charge in [-0.1, -0.05) is 22.9 Å². The van der Waals surface area contributed by atoms with Crippen molar-refractivity contribution in [2.75, 3.05) is 26.7 Å². The normalized spacial score (nSPS) is 20.9. The number of hydrogen-bond donors (Lipinski definition) is 0. The third-order valence-corrected chi connectivity index (χ3v) is 4.47. The average Bonchev–Trinajstić information content (AvgIpc) is 2.38. The van der Waals surface area contributed by atoms with E-state index in [1.807, 2.05) is 6.07 Å². The monoisotopic (exact) mass is 311 g/mol. The van der Waals surface area contributed by atoms with Gasteiger partial charge in [0, 0.05) is 17.6 Å². The van der Waals surface area contributed by atoms with E-state index in [0.29, 0.717) is 0 Å². The maximum absolute atomic E-state index is 5.28. The topological polar surface area (TPSA) is 12.5 Å². The van der Waals surface area contributed by atoms with E-state index in [-0.39, 0.29) is 0 Å². The Labute approximate surface area is 118 Å². The molecule has 3 heteroatoms. The Morgan fingerprint density at radius 3 is 3.00 bits per heavy atom. The van der Waals surface area contributed by atoms with Crippen LogP contribution in [-0.2, 0) is 6.42 Å². The Morgan fingerprint density at radius 1 is 1.44 bits per heavy atom. The molecule has 1 atom stereocenters. The number of halogens is 1. The zero-order valence-electron chi connectivity index (χ0n) is 11.3. The summed E-state index contributed by atoms with van der Waals surface area (Å²) in [5, 5.41) is 0. The molecule has 1 fully saturated rings. The van der Waals surface area contributed by atoms with Crippen LogP contribution in [0, 0.1) is 5.92 Å². The van der Waals surface area contributed by atoms with Crippen molar-refractivity contribution in [3.8, 4) is 5.75 Å². The summed E-state index contributed by atoms with van der Waals surface area (Å²) >= 11 is 3.62. The van der Waals surface area contributed by atoms with Crippen molar-refractivity contribution in [1.29, 1.82) is 0 Å². The van der Waals surface area contributed by atoms with E-state index in [1.165, 1.54) is 36.0 Å². The van der Waals surface area contributed by atoms with Gasteiger partial charge in [0.15, 0.2) is 0 Å². The molecule has 1 aliphatic rings. The predicted molar refractivity (Wildman–Crippen MR) is 79.2 cm³/mol. The lowest BCUT2D eigenvalue weighted by Gasteiger charge is -2.30. The van der Waals surface area contributed by atoms with Crippen LogP contribution in [-0.4, -0.2) is 31.6 Å². The summed E-state index contributed by atoms with van der Waals surface area (Å²) in [6.07, 6.45) is 3.82. The summed E-state index contributed by atoms with van der Waals surface area (Å²) in [6.45, 7) is 6.01. The molecule has 1 unspecified atom stereocenters. The van der Waals surface area contributed by atoms with Crippen molar-refractivity contribution >= 4 is 15.9 Å². The van der Waals surface area contributed by atoms with Crippen molar-refractivity contribution < 1.29 is 4.74 Å². The molecule has 0 aliphatic carbocycles. The number of hydrogen-bond acceptors (Lipinski definition) is 2. The molecule has 1 heterocycles. The molecule has 1 aromatic carbocycles. The van der Waals surface area contributed by atoms with Crippen molar-refractivity contribution in [3.63, 3.8) is 0 Å². The highest BCUT2D eigenvalue weighted by Crippen LogP contribution is 2.24. The lowest BCUT2D eigenvalue weighted by atomic mass is 10.00. The van der Waals surface area contributed by atoms with Crippen LogP contribution < -0.4 is 4.74 Å². The molecule has 0 N–H and O–H groups in total. The fourth-order valence-corrected chi connectivity index (χ4v) is 3.08. The molecule has 1 saturated heterocycles. The van der Waals surface area contributed by atoms with E-state index in [2.05, 4.69) is 39.9 Å². The molecule has 0 aromatic heterocycles. The Bertz CT molecular complexity index is 394. The van der Waals surface area contributed by atoms with Gasteiger partial charge in [0.2, 0.25) is 0 Å². The highest BCUT2D eigenvalue weighted by Gasteiger charge is 2.16. The van der Waals surface area contributed by atoms with Crippen molar-refractivity contribution in [1.82, 2.24) is 4.90 Å². The standard InChI is InChI=1S/C15H22BrNO/c1-12-4-3-8-17(11-12)9-7-13-10-14(18-2)5-6-15(13)16/h5-6,10,12H,3-4,7-9,11H2,1-2H3. The molecule has 0 spiro atoms. The lowest BCUT2D eigenvalue weighted by molar-refractivity contribution is 0.186. The Balaban J connectivity index is 1.92. The summed E-state index contributed by atoms with van der Waals surface area (Å²) in [5.41, 5.74) is 1.34. The highest BCUT2D eigenvalue weighted by molar-refractivity contribution is 9.10. The third kappa shape index (κ3) is 3.72. The first-order valence-electron chi connectivity index (χ1n) is 6.74. The van der Waals surface area contributed by atoms with E-state index >= 15 is 0 Å². The molecule has 1 aliphatic heterocycles. The van der Waals surface area contributed by atoms with Crippen LogP contribution >= 0.6 is 15.9 Å². The molecule has 100 valence electrons. The first-order valence-corrected chi connectivity index (χ1v) is 7.53. The second kappa shape index (κ2) is 6.58. The second-order valence-electron chi connectivity index (χ2n) is 5.26. The van der Waals surface area contributed by atoms with Gasteiger partial charge >= 0.3 is 0 Å². The van der Waals surface area contributed by atoms with Crippen molar-refractivity contribution in [2.45, 2.75) is 26.2 Å². The van der Waals surface area contributed by atoms with E-state index in [9.17, 15) is 0 Å². The summed E-state index contributed by atoms with van der Waals surface area (Å²) in [5.74, 6) is 1.80. The van der Waals surface area contributed by atoms with Gasteiger partial charge in [0.25, 0.3) is 0 Å². The van der Waals surface area contributed by atoms with Gasteiger partial charge in [-0.15, -0.1) is 0 Å². The minimum Gasteiger partial charge on any atom is -0.497 e. The van der Waals surface area contributed by atoms with E-state index < -0.39 is 0 Å². The quantitative estimate of drug-likeness (QED) is 0.840. The fourth-order valence-electron chi connectivity index (χ4n) is 2.64. The van der Waals surface area contributed by atoms with Crippen molar-refractivity contribution in [2.24, 2.45) is 5.92 Å². The zero-order chi connectivity index (χ0) is 13.0. The summed E-state index contributed by atoms with van der Waals surface area (Å²) < 4.78 is 6.47. The maximum atomic E-state index is 5.28. The number of piperidine rings is 1. The molecular weight excluding hydrogens is 290 g/mol. The smallest absolute Gasteiger partial charge is 0.119 e. The van der Waals surface area contributed by atoms with Gasteiger partial charge in [0.1, 0.15) is 5.75 Å². The van der Waals surface area contributed by atoms with Crippen LogP contribution in [0.1, 0.15) is 25.3 Å². The van der Waals surface area contributed by atoms with Crippen LogP contribution in [0.25, 0.3) is 0 Å². The number of methoxy groups -OCH3 is 1. The Kier molecular flexibility index (Phi) is 5.07. The number of rotatable bonds is 4. The summed E-state index contributed by atoms with van der Waals surface area (Å²) in [6, 6.07) is 6.21. The predicted octanol–water partition coefficient (Wildman–Crippen LogP) is 3.73. The molecule has 1 aromatic rings. The van der Waals surface area contributed by atoms with E-state index in [1.54, 1.807) is 7.11 Å². The molecule has 0 bridgehead atoms. The SMILES string of the molecule is COc1ccc(Br)c(CCN2CCCC(C)C2)c1. The molecule has 2 rings (SSSR count). The number of ether oxygens (including phenoxy) is 1. The van der Waals surface area contributed by atoms with Gasteiger partial charge < -0.3 is 9.64 Å². The Hall–Kier alpha value is -0.540. The largest absolute Gasteiger partial charge is 0.497 e. The zero-order valence-corrected chi connectivity index (χ0v) is 12.9. The van der Waals surface area contributed by atoms with Crippen LogP contribution in [0.3, 0.4) is 0 Å². The minimum atomic E-state index is 0.854. The lowest BCUT2D eigenvalue weighted by Crippen LogP contribution is -2.35. The fraction of sp³-hybridized carbons (Fsp3) is 0.600. The van der Waals surface area contributed by atoms with Gasteiger partial charge in [-0.05, 0) is 55.5 Å². The summed E-state index contributed by atoms with van der Waals surface area (Å²) in [7, 11) is 1.72. The van der Waals surface area contributed by atoms with Gasteiger partial charge in [-0.2, -0.15) is 0 Å². The average molecular weight is 312 g/mol. The number of likely N-dealkylation sites (tertiary alicyclic amines) is 1. The van der Waals surface area contributed by atoms with E-state index in [4.69, 9.17) is 4.74 Å². The number of benzene rings is 1. The molecule has 0 amide bonds. The highest BCUT2D eigenvalue weighted by atomic mass is 79.9. The maximum Gasteiger partial charge on any atom is 0.119 e. The van der Waals surface area contributed by atoms with Crippen molar-refractivity contribution in [3.05, 3.63) is 28.2 Å². The molecule has 2 nitrogen and oxygen atoms in total. The van der Waals surface area contributed by atoms with Crippen LogP contribution in [0.2, 0.25) is 0 Å².